The Bertz CT molecular complexity index is 357. The normalized spacial score (nSPS) is 12.5. The van der Waals surface area contributed by atoms with E-state index in [1.807, 2.05) is 13.0 Å². The Morgan fingerprint density at radius 2 is 1.89 bits per heavy atom. The highest BCUT2D eigenvalue weighted by atomic mass is 16.3. The standard InChI is InChI=1S/C14H26N4O/c1-5-7-12-17-13(15-6-2)8-14(18-12)16-11(9-19)10(3)4/h8,10-11,19H,5-7,9H2,1-4H3,(H2,15,16,17,18)/t11-/m1/s1. The molecule has 19 heavy (non-hydrogen) atoms. The van der Waals surface area contributed by atoms with Crippen LogP contribution in [0, 0.1) is 5.92 Å². The lowest BCUT2D eigenvalue weighted by molar-refractivity contribution is 0.249. The summed E-state index contributed by atoms with van der Waals surface area (Å²) in [5.41, 5.74) is 0. The zero-order chi connectivity index (χ0) is 14.3. The van der Waals surface area contributed by atoms with Gasteiger partial charge in [0, 0.05) is 19.0 Å². The van der Waals surface area contributed by atoms with Gasteiger partial charge in [-0.05, 0) is 19.3 Å². The number of anilines is 2. The monoisotopic (exact) mass is 266 g/mol. The molecule has 1 rings (SSSR count). The first-order valence-corrected chi connectivity index (χ1v) is 7.09. The van der Waals surface area contributed by atoms with Crippen molar-refractivity contribution in [3.8, 4) is 0 Å². The van der Waals surface area contributed by atoms with E-state index in [0.717, 1.165) is 36.8 Å². The van der Waals surface area contributed by atoms with Crippen molar-refractivity contribution in [1.82, 2.24) is 9.97 Å². The number of aromatic nitrogens is 2. The summed E-state index contributed by atoms with van der Waals surface area (Å²) < 4.78 is 0. The summed E-state index contributed by atoms with van der Waals surface area (Å²) in [4.78, 5) is 8.97. The molecule has 0 aliphatic heterocycles. The Hall–Kier alpha value is -1.36. The summed E-state index contributed by atoms with van der Waals surface area (Å²) in [6.45, 7) is 9.23. The summed E-state index contributed by atoms with van der Waals surface area (Å²) in [6.07, 6.45) is 1.88. The molecule has 0 radical (unpaired) electrons. The van der Waals surface area contributed by atoms with Gasteiger partial charge >= 0.3 is 0 Å². The van der Waals surface area contributed by atoms with Gasteiger partial charge in [-0.25, -0.2) is 9.97 Å². The summed E-state index contributed by atoms with van der Waals surface area (Å²) >= 11 is 0. The van der Waals surface area contributed by atoms with Gasteiger partial charge < -0.3 is 15.7 Å². The number of rotatable bonds is 8. The average Bonchev–Trinajstić information content (AvgIpc) is 2.36. The maximum absolute atomic E-state index is 9.38. The number of aliphatic hydroxyl groups excluding tert-OH is 1. The molecule has 0 aliphatic rings. The molecule has 108 valence electrons. The minimum atomic E-state index is 0.0128. The van der Waals surface area contributed by atoms with Crippen LogP contribution in [0.3, 0.4) is 0 Å². The quantitative estimate of drug-likeness (QED) is 0.673. The minimum Gasteiger partial charge on any atom is -0.394 e. The predicted molar refractivity (Wildman–Crippen MR) is 79.5 cm³/mol. The van der Waals surface area contributed by atoms with E-state index >= 15 is 0 Å². The van der Waals surface area contributed by atoms with Crippen LogP contribution in [0.5, 0.6) is 0 Å². The van der Waals surface area contributed by atoms with E-state index in [4.69, 9.17) is 0 Å². The molecule has 1 atom stereocenters. The SMILES string of the molecule is CCCc1nc(NCC)cc(N[C@H](CO)C(C)C)n1. The highest BCUT2D eigenvalue weighted by molar-refractivity contribution is 5.48. The molecule has 0 aliphatic carbocycles. The lowest BCUT2D eigenvalue weighted by atomic mass is 10.1. The highest BCUT2D eigenvalue weighted by Crippen LogP contribution is 2.15. The molecule has 0 amide bonds. The number of aryl methyl sites for hydroxylation is 1. The maximum atomic E-state index is 9.38. The summed E-state index contributed by atoms with van der Waals surface area (Å²) in [5.74, 6) is 2.80. The lowest BCUT2D eigenvalue weighted by Gasteiger charge is -2.21. The Kier molecular flexibility index (Phi) is 6.56. The first-order valence-electron chi connectivity index (χ1n) is 7.09. The molecule has 0 saturated heterocycles. The summed E-state index contributed by atoms with van der Waals surface area (Å²) in [6, 6.07) is 1.91. The van der Waals surface area contributed by atoms with Gasteiger partial charge in [0.05, 0.1) is 12.6 Å². The van der Waals surface area contributed by atoms with Gasteiger partial charge in [0.1, 0.15) is 17.5 Å². The second kappa shape index (κ2) is 7.94. The molecule has 1 aromatic rings. The van der Waals surface area contributed by atoms with Gasteiger partial charge in [0.25, 0.3) is 0 Å². The van der Waals surface area contributed by atoms with Crippen LogP contribution in [-0.4, -0.2) is 34.3 Å². The van der Waals surface area contributed by atoms with Crippen molar-refractivity contribution < 1.29 is 5.11 Å². The molecule has 0 aromatic carbocycles. The number of hydrogen-bond acceptors (Lipinski definition) is 5. The van der Waals surface area contributed by atoms with Gasteiger partial charge in [-0.3, -0.25) is 0 Å². The maximum Gasteiger partial charge on any atom is 0.133 e. The van der Waals surface area contributed by atoms with Crippen molar-refractivity contribution in [3.05, 3.63) is 11.9 Å². The van der Waals surface area contributed by atoms with Gasteiger partial charge in [-0.2, -0.15) is 0 Å². The van der Waals surface area contributed by atoms with Crippen LogP contribution in [0.1, 0.15) is 39.9 Å². The van der Waals surface area contributed by atoms with Crippen LogP contribution in [0.4, 0.5) is 11.6 Å². The Morgan fingerprint density at radius 3 is 2.42 bits per heavy atom. The number of nitrogens with one attached hydrogen (secondary N) is 2. The fraction of sp³-hybridized carbons (Fsp3) is 0.714. The second-order valence-electron chi connectivity index (χ2n) is 5.01. The van der Waals surface area contributed by atoms with Crippen LogP contribution in [-0.2, 0) is 6.42 Å². The van der Waals surface area contributed by atoms with E-state index in [-0.39, 0.29) is 12.6 Å². The molecule has 3 N–H and O–H groups in total. The average molecular weight is 266 g/mol. The topological polar surface area (TPSA) is 70.1 Å². The summed E-state index contributed by atoms with van der Waals surface area (Å²) in [5, 5.41) is 15.9. The van der Waals surface area contributed by atoms with Gasteiger partial charge in [-0.1, -0.05) is 20.8 Å². The zero-order valence-electron chi connectivity index (χ0n) is 12.4. The number of nitrogens with zero attached hydrogens (tertiary/aromatic N) is 2. The van der Waals surface area contributed by atoms with Gasteiger partial charge in [0.2, 0.25) is 0 Å². The molecule has 5 heteroatoms. The first-order chi connectivity index (χ1) is 9.10. The molecule has 0 fully saturated rings. The molecule has 1 aromatic heterocycles. The molecule has 0 saturated carbocycles. The molecular formula is C14H26N4O. The number of aliphatic hydroxyl groups is 1. The van der Waals surface area contributed by atoms with E-state index in [2.05, 4.69) is 41.4 Å². The molecule has 5 nitrogen and oxygen atoms in total. The van der Waals surface area contributed by atoms with Crippen LogP contribution < -0.4 is 10.6 Å². The third-order valence-corrected chi connectivity index (χ3v) is 2.94. The van der Waals surface area contributed by atoms with Crippen molar-refractivity contribution in [2.75, 3.05) is 23.8 Å². The van der Waals surface area contributed by atoms with Crippen molar-refractivity contribution in [3.63, 3.8) is 0 Å². The zero-order valence-corrected chi connectivity index (χ0v) is 12.4. The molecule has 0 unspecified atom stereocenters. The largest absolute Gasteiger partial charge is 0.394 e. The van der Waals surface area contributed by atoms with Crippen molar-refractivity contribution in [2.24, 2.45) is 5.92 Å². The molecule has 0 bridgehead atoms. The Balaban J connectivity index is 2.91. The Labute approximate surface area is 115 Å². The van der Waals surface area contributed by atoms with Gasteiger partial charge in [-0.15, -0.1) is 0 Å². The van der Waals surface area contributed by atoms with E-state index in [9.17, 15) is 5.11 Å². The van der Waals surface area contributed by atoms with Crippen LogP contribution >= 0.6 is 0 Å². The molecule has 1 heterocycles. The van der Waals surface area contributed by atoms with E-state index in [0.29, 0.717) is 5.92 Å². The smallest absolute Gasteiger partial charge is 0.133 e. The van der Waals surface area contributed by atoms with E-state index in [1.54, 1.807) is 0 Å². The molecule has 0 spiro atoms. The predicted octanol–water partition coefficient (Wildman–Crippen LogP) is 2.29. The summed E-state index contributed by atoms with van der Waals surface area (Å²) in [7, 11) is 0. The lowest BCUT2D eigenvalue weighted by Crippen LogP contribution is -2.30. The highest BCUT2D eigenvalue weighted by Gasteiger charge is 2.13. The fourth-order valence-corrected chi connectivity index (χ4v) is 1.79. The van der Waals surface area contributed by atoms with Crippen molar-refractivity contribution >= 4 is 11.6 Å². The van der Waals surface area contributed by atoms with Crippen molar-refractivity contribution in [1.29, 1.82) is 0 Å². The first kappa shape index (κ1) is 15.7. The van der Waals surface area contributed by atoms with E-state index < -0.39 is 0 Å². The van der Waals surface area contributed by atoms with Crippen LogP contribution in [0.25, 0.3) is 0 Å². The fourth-order valence-electron chi connectivity index (χ4n) is 1.79. The van der Waals surface area contributed by atoms with Crippen LogP contribution in [0.15, 0.2) is 6.07 Å². The molecular weight excluding hydrogens is 240 g/mol. The number of hydrogen-bond donors (Lipinski definition) is 3. The van der Waals surface area contributed by atoms with E-state index in [1.165, 1.54) is 0 Å². The third kappa shape index (κ3) is 5.03. The van der Waals surface area contributed by atoms with Crippen LogP contribution in [0.2, 0.25) is 0 Å². The third-order valence-electron chi connectivity index (χ3n) is 2.94. The minimum absolute atomic E-state index is 0.0128. The van der Waals surface area contributed by atoms with Crippen molar-refractivity contribution in [2.45, 2.75) is 46.6 Å². The Morgan fingerprint density at radius 1 is 1.21 bits per heavy atom. The van der Waals surface area contributed by atoms with Gasteiger partial charge in [0.15, 0.2) is 0 Å². The second-order valence-corrected chi connectivity index (χ2v) is 5.01.